The third-order valence-electron chi connectivity index (χ3n) is 5.62. The Hall–Kier alpha value is -2.13. The van der Waals surface area contributed by atoms with E-state index in [2.05, 4.69) is 0 Å². The molecule has 2 aromatic carbocycles. The molecule has 0 aliphatic heterocycles. The molecule has 0 saturated heterocycles. The lowest BCUT2D eigenvalue weighted by Gasteiger charge is -2.34. The summed E-state index contributed by atoms with van der Waals surface area (Å²) in [6, 6.07) is 5.26. The van der Waals surface area contributed by atoms with E-state index in [1.54, 1.807) is 6.92 Å². The molecule has 1 unspecified atom stereocenters. The number of hydrogen-bond donors (Lipinski definition) is 1. The van der Waals surface area contributed by atoms with Gasteiger partial charge >= 0.3 is 23.9 Å². The van der Waals surface area contributed by atoms with Crippen LogP contribution in [-0.2, 0) is 5.92 Å². The highest BCUT2D eigenvalue weighted by atomic mass is 19.4. The van der Waals surface area contributed by atoms with Gasteiger partial charge in [0.15, 0.2) is 0 Å². The van der Waals surface area contributed by atoms with Gasteiger partial charge in [-0.25, -0.2) is 0 Å². The lowest BCUT2D eigenvalue weighted by molar-refractivity contribution is -0.399. The van der Waals surface area contributed by atoms with Crippen LogP contribution in [-0.4, -0.2) is 18.0 Å². The number of nitrogens with two attached hydrogens (primary N) is 1. The number of nitrogen functional groups attached to an aromatic ring is 1. The highest BCUT2D eigenvalue weighted by Crippen LogP contribution is 2.58. The van der Waals surface area contributed by atoms with Crippen LogP contribution in [0, 0.1) is 0 Å². The van der Waals surface area contributed by atoms with E-state index in [9.17, 15) is 39.5 Å². The van der Waals surface area contributed by atoms with Crippen molar-refractivity contribution in [2.24, 2.45) is 0 Å². The summed E-state index contributed by atoms with van der Waals surface area (Å²) in [6.07, 6.45) is -3.07. The van der Waals surface area contributed by atoms with Gasteiger partial charge in [0, 0.05) is 16.6 Å². The molecular formula is C22H24F9N. The Kier molecular flexibility index (Phi) is 7.36. The Labute approximate surface area is 179 Å². The summed E-state index contributed by atoms with van der Waals surface area (Å²) in [4.78, 5) is 0. The molecule has 0 aromatic heterocycles. The van der Waals surface area contributed by atoms with Gasteiger partial charge in [-0.2, -0.15) is 39.5 Å². The second kappa shape index (κ2) is 9.02. The molecule has 0 bridgehead atoms. The molecule has 0 aliphatic carbocycles. The fourth-order valence-corrected chi connectivity index (χ4v) is 3.66. The Morgan fingerprint density at radius 3 is 1.91 bits per heavy atom. The van der Waals surface area contributed by atoms with Crippen molar-refractivity contribution in [3.05, 3.63) is 41.5 Å². The van der Waals surface area contributed by atoms with Crippen LogP contribution in [0.3, 0.4) is 0 Å². The Balaban J connectivity index is 2.68. The highest BCUT2D eigenvalue weighted by Gasteiger charge is 2.82. The monoisotopic (exact) mass is 473 g/mol. The van der Waals surface area contributed by atoms with E-state index in [1.807, 2.05) is 6.92 Å². The first kappa shape index (κ1) is 26.1. The predicted octanol–water partition coefficient (Wildman–Crippen LogP) is 8.42. The summed E-state index contributed by atoms with van der Waals surface area (Å²) < 4.78 is 123. The Morgan fingerprint density at radius 2 is 1.38 bits per heavy atom. The number of rotatable bonds is 9. The van der Waals surface area contributed by atoms with E-state index in [1.165, 1.54) is 18.2 Å². The van der Waals surface area contributed by atoms with Crippen LogP contribution in [0.15, 0.2) is 30.3 Å². The van der Waals surface area contributed by atoms with Gasteiger partial charge in [0.2, 0.25) is 0 Å². The quantitative estimate of drug-likeness (QED) is 0.221. The minimum absolute atomic E-state index is 0.000925. The predicted molar refractivity (Wildman–Crippen MR) is 105 cm³/mol. The van der Waals surface area contributed by atoms with Gasteiger partial charge in [0.25, 0.3) is 0 Å². The van der Waals surface area contributed by atoms with Gasteiger partial charge in [-0.3, -0.25) is 0 Å². The largest absolute Gasteiger partial charge is 0.460 e. The Morgan fingerprint density at radius 1 is 0.812 bits per heavy atom. The number of unbranched alkanes of at least 4 members (excludes halogenated alkanes) is 3. The number of benzene rings is 2. The van der Waals surface area contributed by atoms with Crippen molar-refractivity contribution >= 4 is 16.5 Å². The van der Waals surface area contributed by atoms with Crippen LogP contribution >= 0.6 is 0 Å². The van der Waals surface area contributed by atoms with Gasteiger partial charge in [0.05, 0.1) is 0 Å². The smallest absolute Gasteiger partial charge is 0.398 e. The molecule has 0 saturated carbocycles. The summed E-state index contributed by atoms with van der Waals surface area (Å²) >= 11 is 0. The number of alkyl halides is 9. The first-order valence-corrected chi connectivity index (χ1v) is 10.1. The van der Waals surface area contributed by atoms with Gasteiger partial charge in [0.1, 0.15) is 0 Å². The van der Waals surface area contributed by atoms with E-state index in [0.717, 1.165) is 25.3 Å². The zero-order valence-electron chi connectivity index (χ0n) is 17.5. The van der Waals surface area contributed by atoms with Crippen molar-refractivity contribution in [1.82, 2.24) is 0 Å². The fourth-order valence-electron chi connectivity index (χ4n) is 3.66. The lowest BCUT2D eigenvalue weighted by Crippen LogP contribution is -2.59. The van der Waals surface area contributed by atoms with Crippen molar-refractivity contribution in [1.29, 1.82) is 0 Å². The van der Waals surface area contributed by atoms with Crippen LogP contribution in [0.1, 0.15) is 63.0 Å². The number of fused-ring (bicyclic) bond motifs is 1. The first-order valence-electron chi connectivity index (χ1n) is 10.1. The molecule has 1 atom stereocenters. The molecular weight excluding hydrogens is 449 g/mol. The van der Waals surface area contributed by atoms with E-state index < -0.39 is 40.8 Å². The molecule has 32 heavy (non-hydrogen) atoms. The maximum Gasteiger partial charge on any atom is 0.460 e. The summed E-state index contributed by atoms with van der Waals surface area (Å²) in [5, 5.41) is -0.735. The molecule has 180 valence electrons. The molecule has 10 heteroatoms. The van der Waals surface area contributed by atoms with Crippen LogP contribution in [0.25, 0.3) is 10.8 Å². The summed E-state index contributed by atoms with van der Waals surface area (Å²) in [6.45, 7) is 3.59. The second-order valence-corrected chi connectivity index (χ2v) is 7.94. The fraction of sp³-hybridized carbons (Fsp3) is 0.545. The molecule has 0 heterocycles. The average Bonchev–Trinajstić information content (AvgIpc) is 2.70. The third kappa shape index (κ3) is 4.37. The molecule has 0 radical (unpaired) electrons. The number of anilines is 1. The first-order chi connectivity index (χ1) is 14.6. The minimum Gasteiger partial charge on any atom is -0.398 e. The summed E-state index contributed by atoms with van der Waals surface area (Å²) in [7, 11) is 0. The maximum atomic E-state index is 14.8. The number of halogens is 9. The second-order valence-electron chi connectivity index (χ2n) is 7.94. The zero-order chi connectivity index (χ0) is 24.5. The minimum atomic E-state index is -6.96. The topological polar surface area (TPSA) is 26.0 Å². The van der Waals surface area contributed by atoms with Gasteiger partial charge in [-0.05, 0) is 29.4 Å². The molecule has 1 nitrogen and oxygen atoms in total. The van der Waals surface area contributed by atoms with E-state index >= 15 is 0 Å². The van der Waals surface area contributed by atoms with Gasteiger partial charge < -0.3 is 5.73 Å². The maximum absolute atomic E-state index is 14.8. The van der Waals surface area contributed by atoms with Crippen LogP contribution in [0.4, 0.5) is 45.2 Å². The lowest BCUT2D eigenvalue weighted by atomic mass is 9.85. The molecule has 0 spiro atoms. The van der Waals surface area contributed by atoms with Crippen molar-refractivity contribution < 1.29 is 39.5 Å². The molecule has 2 aromatic rings. The number of hydrogen-bond acceptors (Lipinski definition) is 1. The Bertz CT molecular complexity index is 935. The normalized spacial score (nSPS) is 14.7. The molecule has 2 N–H and O–H groups in total. The van der Waals surface area contributed by atoms with Crippen molar-refractivity contribution in [3.63, 3.8) is 0 Å². The van der Waals surface area contributed by atoms with Crippen LogP contribution in [0.5, 0.6) is 0 Å². The van der Waals surface area contributed by atoms with E-state index in [4.69, 9.17) is 5.73 Å². The molecule has 0 amide bonds. The van der Waals surface area contributed by atoms with E-state index in [0.29, 0.717) is 18.9 Å². The van der Waals surface area contributed by atoms with Gasteiger partial charge in [-0.1, -0.05) is 63.8 Å². The van der Waals surface area contributed by atoms with Crippen molar-refractivity contribution in [2.75, 3.05) is 5.73 Å². The van der Waals surface area contributed by atoms with Crippen LogP contribution < -0.4 is 5.73 Å². The molecule has 2 rings (SSSR count). The van der Waals surface area contributed by atoms with Crippen molar-refractivity contribution in [2.45, 2.75) is 75.8 Å². The standard InChI is InChI=1S/C22H24F9N/c1-3-4-5-6-9-13(2)16-12-17(14-10-7-8-11-15(14)18(16)32)19(23,24)20(25,26)21(27,28)22(29,30)31/h7-8,10-13H,3-6,9,32H2,1-2H3. The van der Waals surface area contributed by atoms with Crippen LogP contribution in [0.2, 0.25) is 0 Å². The summed E-state index contributed by atoms with van der Waals surface area (Å²) in [5.74, 6) is -20.0. The average molecular weight is 473 g/mol. The zero-order valence-corrected chi connectivity index (χ0v) is 17.5. The van der Waals surface area contributed by atoms with E-state index in [-0.39, 0.29) is 16.6 Å². The third-order valence-corrected chi connectivity index (χ3v) is 5.62. The SMILES string of the molecule is CCCCCCC(C)c1cc(C(F)(F)C(F)(F)C(F)(F)C(F)(F)F)c2ccccc2c1N. The van der Waals surface area contributed by atoms with Gasteiger partial charge in [-0.15, -0.1) is 0 Å². The summed E-state index contributed by atoms with van der Waals surface area (Å²) in [5.41, 5.74) is 4.44. The highest BCUT2D eigenvalue weighted by molar-refractivity contribution is 5.97. The molecule has 0 fully saturated rings. The van der Waals surface area contributed by atoms with Crippen molar-refractivity contribution in [3.8, 4) is 0 Å². The molecule has 0 aliphatic rings.